The van der Waals surface area contributed by atoms with E-state index in [1.807, 2.05) is 13.0 Å². The first kappa shape index (κ1) is 28.7. The summed E-state index contributed by atoms with van der Waals surface area (Å²) in [5, 5.41) is 0. The van der Waals surface area contributed by atoms with E-state index < -0.39 is 9.84 Å². The summed E-state index contributed by atoms with van der Waals surface area (Å²) in [6.45, 7) is 13.4. The third-order valence-electron chi connectivity index (χ3n) is 6.51. The van der Waals surface area contributed by atoms with Crippen LogP contribution in [0.15, 0.2) is 57.9 Å². The second-order valence-corrected chi connectivity index (χ2v) is 12.2. The van der Waals surface area contributed by atoms with Crippen LogP contribution in [0.5, 0.6) is 0 Å². The van der Waals surface area contributed by atoms with Crippen molar-refractivity contribution < 1.29 is 8.42 Å². The Kier molecular flexibility index (Phi) is 13.9. The number of hydrogen-bond acceptors (Lipinski definition) is 2. The van der Waals surface area contributed by atoms with E-state index >= 15 is 0 Å². The smallest absolute Gasteiger partial charge is 0.202 e. The van der Waals surface area contributed by atoms with Gasteiger partial charge in [0, 0.05) is 11.3 Å². The molecular formula is C29H48O2S. The number of rotatable bonds is 16. The van der Waals surface area contributed by atoms with Crippen LogP contribution in [0.3, 0.4) is 0 Å². The Morgan fingerprint density at radius 2 is 1.38 bits per heavy atom. The normalized spacial score (nSPS) is 15.2. The first-order valence-electron chi connectivity index (χ1n) is 12.8. The summed E-state index contributed by atoms with van der Waals surface area (Å²) in [6, 6.07) is 8.73. The topological polar surface area (TPSA) is 34.1 Å². The van der Waals surface area contributed by atoms with Crippen LogP contribution in [0.4, 0.5) is 0 Å². The minimum absolute atomic E-state index is 0.377. The van der Waals surface area contributed by atoms with Gasteiger partial charge in [0.05, 0.1) is 4.90 Å². The van der Waals surface area contributed by atoms with Gasteiger partial charge in [-0.2, -0.15) is 0 Å². The maximum absolute atomic E-state index is 12.8. The molecule has 0 spiro atoms. The van der Waals surface area contributed by atoms with Gasteiger partial charge in [0.2, 0.25) is 9.84 Å². The largest absolute Gasteiger partial charge is 0.219 e. The van der Waals surface area contributed by atoms with E-state index in [1.165, 1.54) is 56.9 Å². The van der Waals surface area contributed by atoms with Gasteiger partial charge in [-0.15, -0.1) is 0 Å². The second kappa shape index (κ2) is 15.5. The van der Waals surface area contributed by atoms with Gasteiger partial charge >= 0.3 is 0 Å². The average molecular weight is 461 g/mol. The van der Waals surface area contributed by atoms with Gasteiger partial charge in [-0.3, -0.25) is 0 Å². The molecule has 0 bridgehead atoms. The van der Waals surface area contributed by atoms with E-state index in [9.17, 15) is 8.42 Å². The minimum atomic E-state index is -3.39. The maximum atomic E-state index is 12.8. The molecule has 0 N–H and O–H groups in total. The lowest BCUT2D eigenvalue weighted by molar-refractivity contribution is 0.389. The van der Waals surface area contributed by atoms with Crippen molar-refractivity contribution in [3.8, 4) is 0 Å². The van der Waals surface area contributed by atoms with Gasteiger partial charge in [0.25, 0.3) is 0 Å². The highest BCUT2D eigenvalue weighted by Crippen LogP contribution is 2.24. The van der Waals surface area contributed by atoms with Crippen molar-refractivity contribution in [2.24, 2.45) is 17.8 Å². The third kappa shape index (κ3) is 11.5. The van der Waals surface area contributed by atoms with Crippen molar-refractivity contribution in [2.75, 3.05) is 0 Å². The molecule has 2 unspecified atom stereocenters. The first-order chi connectivity index (χ1) is 15.2. The standard InChI is InChI=1S/C29H48O2S/c1-7-28(32(30,31)29-20-9-8-10-21-29)23-22-27(6)19-13-18-26(5)17-12-16-25(4)15-11-14-24(2)3/h7-10,20-22,24-26H,11-19,23H2,1-6H3/b27-22+,28-7+. The molecule has 0 aliphatic rings. The fraction of sp³-hybridized carbons (Fsp3) is 0.655. The van der Waals surface area contributed by atoms with Crippen LogP contribution >= 0.6 is 0 Å². The summed E-state index contributed by atoms with van der Waals surface area (Å²) in [5.74, 6) is 2.46. The number of benzene rings is 1. The molecule has 1 rings (SSSR count). The second-order valence-electron chi connectivity index (χ2n) is 10.2. The molecule has 182 valence electrons. The summed E-state index contributed by atoms with van der Waals surface area (Å²) < 4.78 is 25.6. The highest BCUT2D eigenvalue weighted by Gasteiger charge is 2.18. The Morgan fingerprint density at radius 3 is 1.91 bits per heavy atom. The molecule has 0 aliphatic carbocycles. The van der Waals surface area contributed by atoms with Crippen molar-refractivity contribution in [3.05, 3.63) is 53.0 Å². The van der Waals surface area contributed by atoms with Crippen LogP contribution in [-0.2, 0) is 9.84 Å². The number of hydrogen-bond donors (Lipinski definition) is 0. The van der Waals surface area contributed by atoms with Gasteiger partial charge in [0.15, 0.2) is 0 Å². The van der Waals surface area contributed by atoms with E-state index in [1.54, 1.807) is 30.3 Å². The van der Waals surface area contributed by atoms with Crippen molar-refractivity contribution in [2.45, 2.75) is 111 Å². The van der Waals surface area contributed by atoms with E-state index in [4.69, 9.17) is 0 Å². The van der Waals surface area contributed by atoms with Crippen molar-refractivity contribution in [1.29, 1.82) is 0 Å². The zero-order valence-electron chi connectivity index (χ0n) is 21.6. The van der Waals surface area contributed by atoms with Gasteiger partial charge < -0.3 is 0 Å². The van der Waals surface area contributed by atoms with E-state index in [2.05, 4.69) is 40.7 Å². The lowest BCUT2D eigenvalue weighted by Gasteiger charge is -2.15. The molecule has 0 fully saturated rings. The Bertz CT molecular complexity index is 788. The Balaban J connectivity index is 2.32. The van der Waals surface area contributed by atoms with Crippen molar-refractivity contribution in [3.63, 3.8) is 0 Å². The van der Waals surface area contributed by atoms with Gasteiger partial charge in [0.1, 0.15) is 0 Å². The molecule has 32 heavy (non-hydrogen) atoms. The fourth-order valence-electron chi connectivity index (χ4n) is 4.22. The molecule has 0 aliphatic heterocycles. The highest BCUT2D eigenvalue weighted by molar-refractivity contribution is 7.95. The molecule has 1 aromatic carbocycles. The molecule has 0 saturated carbocycles. The van der Waals surface area contributed by atoms with Crippen LogP contribution in [0, 0.1) is 17.8 Å². The predicted octanol–water partition coefficient (Wildman–Crippen LogP) is 9.14. The predicted molar refractivity (Wildman–Crippen MR) is 140 cm³/mol. The molecule has 0 heterocycles. The lowest BCUT2D eigenvalue weighted by atomic mass is 9.91. The summed E-state index contributed by atoms with van der Waals surface area (Å²) in [4.78, 5) is 0.862. The molecular weight excluding hydrogens is 412 g/mol. The SMILES string of the molecule is C/C=C(\C/C=C(\C)CCCC(C)CCCC(C)CCCC(C)C)S(=O)(=O)c1ccccc1. The van der Waals surface area contributed by atoms with Crippen molar-refractivity contribution in [1.82, 2.24) is 0 Å². The quantitative estimate of drug-likeness (QED) is 0.230. The van der Waals surface area contributed by atoms with Gasteiger partial charge in [-0.25, -0.2) is 8.42 Å². The van der Waals surface area contributed by atoms with Gasteiger partial charge in [-0.05, 0) is 56.6 Å². The van der Waals surface area contributed by atoms with E-state index in [0.29, 0.717) is 16.2 Å². The number of allylic oxidation sites excluding steroid dienone is 4. The fourth-order valence-corrected chi connectivity index (χ4v) is 5.65. The van der Waals surface area contributed by atoms with Crippen molar-refractivity contribution >= 4 is 9.84 Å². The molecule has 0 radical (unpaired) electrons. The third-order valence-corrected chi connectivity index (χ3v) is 8.50. The Morgan fingerprint density at radius 1 is 0.844 bits per heavy atom. The molecule has 2 atom stereocenters. The van der Waals surface area contributed by atoms with Crippen LogP contribution < -0.4 is 0 Å². The summed E-state index contributed by atoms with van der Waals surface area (Å²) in [6.07, 6.45) is 16.0. The molecule has 1 aromatic rings. The zero-order chi connectivity index (χ0) is 24.0. The van der Waals surface area contributed by atoms with Crippen LogP contribution in [-0.4, -0.2) is 8.42 Å². The van der Waals surface area contributed by atoms with E-state index in [-0.39, 0.29) is 0 Å². The summed E-state index contributed by atoms with van der Waals surface area (Å²) in [7, 11) is -3.39. The zero-order valence-corrected chi connectivity index (χ0v) is 22.4. The number of sulfone groups is 1. The van der Waals surface area contributed by atoms with E-state index in [0.717, 1.165) is 24.2 Å². The average Bonchev–Trinajstić information content (AvgIpc) is 2.74. The van der Waals surface area contributed by atoms with Crippen LogP contribution in [0.1, 0.15) is 106 Å². The highest BCUT2D eigenvalue weighted by atomic mass is 32.2. The first-order valence-corrected chi connectivity index (χ1v) is 14.3. The minimum Gasteiger partial charge on any atom is -0.219 e. The Labute approximate surface area is 199 Å². The van der Waals surface area contributed by atoms with Crippen LogP contribution in [0.25, 0.3) is 0 Å². The van der Waals surface area contributed by atoms with Crippen LogP contribution in [0.2, 0.25) is 0 Å². The maximum Gasteiger partial charge on any atom is 0.202 e. The lowest BCUT2D eigenvalue weighted by Crippen LogP contribution is -2.04. The molecule has 0 aromatic heterocycles. The molecule has 0 amide bonds. The molecule has 2 nitrogen and oxygen atoms in total. The summed E-state index contributed by atoms with van der Waals surface area (Å²) >= 11 is 0. The monoisotopic (exact) mass is 460 g/mol. The Hall–Kier alpha value is -1.35. The summed E-state index contributed by atoms with van der Waals surface area (Å²) in [5.41, 5.74) is 1.29. The van der Waals surface area contributed by atoms with Gasteiger partial charge in [-0.1, -0.05) is 109 Å². The molecule has 3 heteroatoms. The molecule has 0 saturated heterocycles.